The first-order valence-corrected chi connectivity index (χ1v) is 10.1. The quantitative estimate of drug-likeness (QED) is 0.720. The van der Waals surface area contributed by atoms with Gasteiger partial charge in [0.05, 0.1) is 23.1 Å². The molecule has 8 nitrogen and oxygen atoms in total. The summed E-state index contributed by atoms with van der Waals surface area (Å²) in [5.74, 6) is -0.629. The Bertz CT molecular complexity index is 941. The van der Waals surface area contributed by atoms with E-state index in [2.05, 4.69) is 15.0 Å². The lowest BCUT2D eigenvalue weighted by atomic mass is 10.2. The molecule has 29 heavy (non-hydrogen) atoms. The van der Waals surface area contributed by atoms with Crippen LogP contribution in [0, 0.1) is 0 Å². The molecule has 0 saturated carbocycles. The first kappa shape index (κ1) is 21.3. The van der Waals surface area contributed by atoms with Crippen molar-refractivity contribution in [3.8, 4) is 0 Å². The summed E-state index contributed by atoms with van der Waals surface area (Å²) in [6.45, 7) is -0.330. The minimum absolute atomic E-state index is 0.0866. The number of rotatable bonds is 7. The van der Waals surface area contributed by atoms with Gasteiger partial charge >= 0.3 is 6.18 Å². The van der Waals surface area contributed by atoms with Gasteiger partial charge in [0.15, 0.2) is 5.82 Å². The fourth-order valence-electron chi connectivity index (χ4n) is 2.86. The van der Waals surface area contributed by atoms with Crippen LogP contribution < -0.4 is 5.32 Å². The highest BCUT2D eigenvalue weighted by Crippen LogP contribution is 2.31. The van der Waals surface area contributed by atoms with Crippen LogP contribution in [0.1, 0.15) is 18.4 Å². The van der Waals surface area contributed by atoms with Gasteiger partial charge in [-0.2, -0.15) is 17.5 Å². The number of anilines is 1. The minimum Gasteiger partial charge on any atom is -0.377 e. The van der Waals surface area contributed by atoms with Crippen LogP contribution in [0.5, 0.6) is 0 Å². The summed E-state index contributed by atoms with van der Waals surface area (Å²) < 4.78 is 75.9. The lowest BCUT2D eigenvalue weighted by Crippen LogP contribution is -2.42. The molecule has 1 saturated heterocycles. The van der Waals surface area contributed by atoms with Crippen molar-refractivity contribution in [2.24, 2.45) is 0 Å². The molecule has 1 N–H and O–H groups in total. The normalized spacial score (nSPS) is 17.6. The van der Waals surface area contributed by atoms with Crippen LogP contribution in [0.4, 0.5) is 19.0 Å². The van der Waals surface area contributed by atoms with Gasteiger partial charge in [-0.05, 0) is 31.0 Å². The molecule has 1 unspecified atom stereocenters. The third-order valence-electron chi connectivity index (χ3n) is 4.26. The summed E-state index contributed by atoms with van der Waals surface area (Å²) in [5.41, 5.74) is -1.09. The molecule has 0 aliphatic carbocycles. The van der Waals surface area contributed by atoms with Crippen molar-refractivity contribution in [2.45, 2.75) is 30.0 Å². The molecular formula is C17H18F3N3O5S. The van der Waals surface area contributed by atoms with Crippen LogP contribution in [-0.2, 0) is 25.7 Å². The number of nitrogens with zero attached hydrogens (tertiary/aromatic N) is 2. The third-order valence-corrected chi connectivity index (χ3v) is 6.06. The van der Waals surface area contributed by atoms with Crippen LogP contribution in [0.15, 0.2) is 46.0 Å². The van der Waals surface area contributed by atoms with Crippen molar-refractivity contribution in [2.75, 3.05) is 25.0 Å². The first-order valence-electron chi connectivity index (χ1n) is 8.65. The largest absolute Gasteiger partial charge is 0.416 e. The van der Waals surface area contributed by atoms with E-state index in [9.17, 15) is 26.4 Å². The van der Waals surface area contributed by atoms with Crippen LogP contribution in [0.3, 0.4) is 0 Å². The number of amides is 1. The molecule has 1 aromatic heterocycles. The highest BCUT2D eigenvalue weighted by Gasteiger charge is 2.35. The van der Waals surface area contributed by atoms with Crippen LogP contribution in [-0.4, -0.2) is 49.6 Å². The van der Waals surface area contributed by atoms with E-state index in [1.807, 2.05) is 0 Å². The van der Waals surface area contributed by atoms with Crippen molar-refractivity contribution in [3.63, 3.8) is 0 Å². The van der Waals surface area contributed by atoms with Gasteiger partial charge in [-0.25, -0.2) is 8.42 Å². The molecule has 12 heteroatoms. The maximum absolute atomic E-state index is 13.0. The maximum Gasteiger partial charge on any atom is 0.416 e. The number of aromatic nitrogens is 1. The zero-order valence-electron chi connectivity index (χ0n) is 15.1. The van der Waals surface area contributed by atoms with Gasteiger partial charge in [0.25, 0.3) is 0 Å². The van der Waals surface area contributed by atoms with E-state index in [1.165, 1.54) is 12.3 Å². The highest BCUT2D eigenvalue weighted by molar-refractivity contribution is 7.89. The Morgan fingerprint density at radius 2 is 2.10 bits per heavy atom. The second kappa shape index (κ2) is 8.51. The molecule has 2 heterocycles. The molecule has 1 aliphatic heterocycles. The number of hydrogen-bond donors (Lipinski definition) is 1. The Labute approximate surface area is 164 Å². The number of ether oxygens (including phenoxy) is 1. The molecule has 1 fully saturated rings. The summed E-state index contributed by atoms with van der Waals surface area (Å²) in [4.78, 5) is 11.7. The van der Waals surface area contributed by atoms with Gasteiger partial charge in [-0.1, -0.05) is 11.2 Å². The van der Waals surface area contributed by atoms with Crippen LogP contribution in [0.2, 0.25) is 0 Å². The van der Waals surface area contributed by atoms with Gasteiger partial charge in [0, 0.05) is 19.2 Å². The molecule has 158 valence electrons. The Morgan fingerprint density at radius 1 is 1.31 bits per heavy atom. The number of hydrogen-bond acceptors (Lipinski definition) is 6. The first-order chi connectivity index (χ1) is 13.7. The molecule has 1 aliphatic rings. The molecule has 0 radical (unpaired) electrons. The lowest BCUT2D eigenvalue weighted by molar-refractivity contribution is -0.137. The maximum atomic E-state index is 13.0. The molecule has 0 bridgehead atoms. The predicted molar refractivity (Wildman–Crippen MR) is 94.3 cm³/mol. The van der Waals surface area contributed by atoms with Crippen LogP contribution in [0.25, 0.3) is 0 Å². The molecule has 2 aromatic rings. The van der Waals surface area contributed by atoms with Crippen molar-refractivity contribution >= 4 is 21.7 Å². The molecule has 1 atom stereocenters. The minimum atomic E-state index is -4.70. The van der Waals surface area contributed by atoms with Gasteiger partial charge < -0.3 is 14.6 Å². The van der Waals surface area contributed by atoms with Gasteiger partial charge in [0.1, 0.15) is 6.26 Å². The average molecular weight is 433 g/mol. The van der Waals surface area contributed by atoms with Crippen molar-refractivity contribution in [3.05, 3.63) is 42.2 Å². The fraction of sp³-hybridized carbons (Fsp3) is 0.412. The van der Waals surface area contributed by atoms with E-state index in [0.29, 0.717) is 19.1 Å². The highest BCUT2D eigenvalue weighted by atomic mass is 32.2. The van der Waals surface area contributed by atoms with E-state index in [4.69, 9.17) is 4.74 Å². The second-order valence-corrected chi connectivity index (χ2v) is 8.33. The average Bonchev–Trinajstić information content (AvgIpc) is 3.34. The Morgan fingerprint density at radius 3 is 2.72 bits per heavy atom. The molecule has 0 spiro atoms. The van der Waals surface area contributed by atoms with Gasteiger partial charge in [-0.15, -0.1) is 0 Å². The van der Waals surface area contributed by atoms with Crippen molar-refractivity contribution in [1.82, 2.24) is 9.46 Å². The monoisotopic (exact) mass is 433 g/mol. The number of alkyl halides is 3. The number of carbonyl (C=O) groups excluding carboxylic acids is 1. The van der Waals surface area contributed by atoms with E-state index in [0.717, 1.165) is 28.9 Å². The Kier molecular flexibility index (Phi) is 6.24. The SMILES string of the molecule is O=C(CN(CC1CCCO1)S(=O)(=O)c1cccc(C(F)(F)F)c1)Nc1ccon1. The summed E-state index contributed by atoms with van der Waals surface area (Å²) in [5, 5.41) is 5.87. The van der Waals surface area contributed by atoms with E-state index in [-0.39, 0.29) is 12.4 Å². The van der Waals surface area contributed by atoms with E-state index >= 15 is 0 Å². The van der Waals surface area contributed by atoms with E-state index < -0.39 is 45.2 Å². The Balaban J connectivity index is 1.86. The predicted octanol–water partition coefficient (Wildman–Crippen LogP) is 2.50. The topological polar surface area (TPSA) is 102 Å². The zero-order chi connectivity index (χ0) is 21.1. The molecular weight excluding hydrogens is 415 g/mol. The van der Waals surface area contributed by atoms with E-state index in [1.54, 1.807) is 0 Å². The summed E-state index contributed by atoms with van der Waals surface area (Å²) in [7, 11) is -4.40. The molecule has 3 rings (SSSR count). The summed E-state index contributed by atoms with van der Waals surface area (Å²) in [6, 6.07) is 4.76. The summed E-state index contributed by atoms with van der Waals surface area (Å²) in [6.07, 6.45) is -2.61. The fourth-order valence-corrected chi connectivity index (χ4v) is 4.34. The number of sulfonamides is 1. The lowest BCUT2D eigenvalue weighted by Gasteiger charge is -2.24. The number of halogens is 3. The number of benzene rings is 1. The third kappa shape index (κ3) is 5.34. The van der Waals surface area contributed by atoms with Gasteiger partial charge in [0.2, 0.25) is 15.9 Å². The zero-order valence-corrected chi connectivity index (χ0v) is 15.9. The summed E-state index contributed by atoms with van der Waals surface area (Å²) >= 11 is 0. The number of nitrogens with one attached hydrogen (secondary N) is 1. The number of carbonyl (C=O) groups is 1. The standard InChI is InChI=1S/C17H18F3N3O5S/c18-17(19,20)12-3-1-5-14(9-12)29(25,26)23(10-13-4-2-7-27-13)11-16(24)21-15-6-8-28-22-15/h1,3,5-6,8-9,13H,2,4,7,10-11H2,(H,21,22,24). The van der Waals surface area contributed by atoms with Crippen molar-refractivity contribution < 1.29 is 35.6 Å². The van der Waals surface area contributed by atoms with Crippen LogP contribution >= 0.6 is 0 Å². The molecule has 1 amide bonds. The molecule has 1 aromatic carbocycles. The Hall–Kier alpha value is -2.44. The smallest absolute Gasteiger partial charge is 0.377 e. The van der Waals surface area contributed by atoms with Crippen molar-refractivity contribution in [1.29, 1.82) is 0 Å². The van der Waals surface area contributed by atoms with Gasteiger partial charge in [-0.3, -0.25) is 4.79 Å². The second-order valence-electron chi connectivity index (χ2n) is 6.39.